The van der Waals surface area contributed by atoms with E-state index in [-0.39, 0.29) is 11.8 Å². The summed E-state index contributed by atoms with van der Waals surface area (Å²) < 4.78 is 5.12. The average molecular weight is 280 g/mol. The number of alkyl carbamates (subject to hydrolysis) is 1. The number of nitrogens with two attached hydrogens (primary N) is 1. The van der Waals surface area contributed by atoms with E-state index >= 15 is 0 Å². The summed E-state index contributed by atoms with van der Waals surface area (Å²) in [7, 11) is 0. The Morgan fingerprint density at radius 3 is 2.65 bits per heavy atom. The number of phenols is 1. The number of aryl methyl sites for hydroxylation is 1. The number of phenolic OH excluding ortho intramolecular Hbond substituents is 1. The van der Waals surface area contributed by atoms with Crippen molar-refractivity contribution in [3.05, 3.63) is 29.3 Å². The van der Waals surface area contributed by atoms with Crippen molar-refractivity contribution in [3.63, 3.8) is 0 Å². The second-order valence-corrected chi connectivity index (χ2v) is 5.98. The quantitative estimate of drug-likeness (QED) is 0.788. The number of ether oxygens (including phenoxy) is 1. The van der Waals surface area contributed by atoms with Crippen LogP contribution >= 0.6 is 0 Å². The molecule has 1 aromatic rings. The summed E-state index contributed by atoms with van der Waals surface area (Å²) >= 11 is 0. The van der Waals surface area contributed by atoms with Gasteiger partial charge in [0.2, 0.25) is 0 Å². The molecule has 5 heteroatoms. The van der Waals surface area contributed by atoms with Crippen molar-refractivity contribution in [2.24, 2.45) is 5.73 Å². The first kappa shape index (κ1) is 16.3. The van der Waals surface area contributed by atoms with E-state index < -0.39 is 11.7 Å². The van der Waals surface area contributed by atoms with Gasteiger partial charge in [0.25, 0.3) is 0 Å². The van der Waals surface area contributed by atoms with E-state index in [1.165, 1.54) is 0 Å². The van der Waals surface area contributed by atoms with Crippen molar-refractivity contribution in [2.45, 2.75) is 45.8 Å². The Labute approximate surface area is 120 Å². The van der Waals surface area contributed by atoms with Gasteiger partial charge in [-0.05, 0) is 51.3 Å². The molecule has 0 aliphatic carbocycles. The minimum atomic E-state index is -0.524. The zero-order chi connectivity index (χ0) is 15.3. The highest BCUT2D eigenvalue weighted by molar-refractivity contribution is 5.67. The SMILES string of the molecule is Cc1ccc(CC(N)CNC(=O)OC(C)(C)C)c(O)c1. The third kappa shape index (κ3) is 5.93. The molecule has 4 N–H and O–H groups in total. The van der Waals surface area contributed by atoms with E-state index in [4.69, 9.17) is 10.5 Å². The topological polar surface area (TPSA) is 84.6 Å². The number of aromatic hydroxyl groups is 1. The molecule has 0 aromatic heterocycles. The zero-order valence-electron chi connectivity index (χ0n) is 12.6. The summed E-state index contributed by atoms with van der Waals surface area (Å²) in [4.78, 5) is 11.5. The van der Waals surface area contributed by atoms with Gasteiger partial charge in [0.15, 0.2) is 0 Å². The predicted molar refractivity (Wildman–Crippen MR) is 78.8 cm³/mol. The van der Waals surface area contributed by atoms with Crippen molar-refractivity contribution in [1.29, 1.82) is 0 Å². The van der Waals surface area contributed by atoms with Gasteiger partial charge in [-0.25, -0.2) is 4.79 Å². The Morgan fingerprint density at radius 1 is 1.45 bits per heavy atom. The second kappa shape index (κ2) is 6.61. The molecule has 1 atom stereocenters. The second-order valence-electron chi connectivity index (χ2n) is 5.98. The molecule has 0 bridgehead atoms. The van der Waals surface area contributed by atoms with Crippen molar-refractivity contribution < 1.29 is 14.6 Å². The molecular weight excluding hydrogens is 256 g/mol. The molecule has 1 amide bonds. The normalized spacial score (nSPS) is 12.8. The highest BCUT2D eigenvalue weighted by Crippen LogP contribution is 2.19. The van der Waals surface area contributed by atoms with Crippen LogP contribution in [0.1, 0.15) is 31.9 Å². The maximum Gasteiger partial charge on any atom is 0.407 e. The van der Waals surface area contributed by atoms with Crippen LogP contribution < -0.4 is 11.1 Å². The summed E-state index contributed by atoms with van der Waals surface area (Å²) in [6.45, 7) is 7.61. The van der Waals surface area contributed by atoms with Gasteiger partial charge in [-0.3, -0.25) is 0 Å². The molecule has 0 aliphatic rings. The first-order valence-corrected chi connectivity index (χ1v) is 6.68. The molecule has 0 saturated heterocycles. The maximum absolute atomic E-state index is 11.5. The minimum absolute atomic E-state index is 0.234. The fourth-order valence-electron chi connectivity index (χ4n) is 1.73. The average Bonchev–Trinajstić information content (AvgIpc) is 2.28. The van der Waals surface area contributed by atoms with Crippen LogP contribution in [0.5, 0.6) is 5.75 Å². The van der Waals surface area contributed by atoms with Crippen LogP contribution in [-0.2, 0) is 11.2 Å². The van der Waals surface area contributed by atoms with Crippen LogP contribution in [0, 0.1) is 6.92 Å². The van der Waals surface area contributed by atoms with Crippen LogP contribution in [0.2, 0.25) is 0 Å². The lowest BCUT2D eigenvalue weighted by Gasteiger charge is -2.21. The molecule has 0 heterocycles. The smallest absolute Gasteiger partial charge is 0.407 e. The Balaban J connectivity index is 2.44. The molecule has 1 aromatic carbocycles. The van der Waals surface area contributed by atoms with Gasteiger partial charge in [-0.2, -0.15) is 0 Å². The molecule has 0 aliphatic heterocycles. The zero-order valence-corrected chi connectivity index (χ0v) is 12.6. The lowest BCUT2D eigenvalue weighted by atomic mass is 10.0. The summed E-state index contributed by atoms with van der Waals surface area (Å²) in [6, 6.07) is 5.18. The van der Waals surface area contributed by atoms with Gasteiger partial charge in [0, 0.05) is 12.6 Å². The lowest BCUT2D eigenvalue weighted by Crippen LogP contribution is -2.41. The predicted octanol–water partition coefficient (Wildman–Crippen LogP) is 2.10. The molecule has 0 radical (unpaired) electrons. The molecule has 20 heavy (non-hydrogen) atoms. The molecular formula is C15H24N2O3. The van der Waals surface area contributed by atoms with Crippen LogP contribution in [0.25, 0.3) is 0 Å². The molecule has 0 spiro atoms. The summed E-state index contributed by atoms with van der Waals surface area (Å²) in [5, 5.41) is 12.4. The first-order chi connectivity index (χ1) is 9.17. The third-order valence-corrected chi connectivity index (χ3v) is 2.63. The lowest BCUT2D eigenvalue weighted by molar-refractivity contribution is 0.0524. The highest BCUT2D eigenvalue weighted by atomic mass is 16.6. The Morgan fingerprint density at radius 2 is 2.10 bits per heavy atom. The van der Waals surface area contributed by atoms with Crippen LogP contribution in [0.15, 0.2) is 18.2 Å². The van der Waals surface area contributed by atoms with E-state index in [2.05, 4.69) is 5.32 Å². The van der Waals surface area contributed by atoms with Gasteiger partial charge >= 0.3 is 6.09 Å². The standard InChI is InChI=1S/C15H24N2O3/c1-10-5-6-11(13(18)7-10)8-12(16)9-17-14(19)20-15(2,3)4/h5-7,12,18H,8-9,16H2,1-4H3,(H,17,19). The van der Waals surface area contributed by atoms with E-state index in [9.17, 15) is 9.90 Å². The fraction of sp³-hybridized carbons (Fsp3) is 0.533. The van der Waals surface area contributed by atoms with Crippen molar-refractivity contribution >= 4 is 6.09 Å². The van der Waals surface area contributed by atoms with Gasteiger partial charge < -0.3 is 20.9 Å². The molecule has 1 rings (SSSR count). The number of carbonyl (C=O) groups excluding carboxylic acids is 1. The van der Waals surface area contributed by atoms with Gasteiger partial charge in [0.05, 0.1) is 0 Å². The van der Waals surface area contributed by atoms with Crippen molar-refractivity contribution in [2.75, 3.05) is 6.54 Å². The molecule has 1 unspecified atom stereocenters. The van der Waals surface area contributed by atoms with Crippen LogP contribution in [0.4, 0.5) is 4.79 Å². The Hall–Kier alpha value is -1.75. The maximum atomic E-state index is 11.5. The van der Waals surface area contributed by atoms with E-state index in [0.717, 1.165) is 11.1 Å². The fourth-order valence-corrected chi connectivity index (χ4v) is 1.73. The van der Waals surface area contributed by atoms with Crippen molar-refractivity contribution in [1.82, 2.24) is 5.32 Å². The highest BCUT2D eigenvalue weighted by Gasteiger charge is 2.17. The Bertz CT molecular complexity index is 467. The van der Waals surface area contributed by atoms with Crippen LogP contribution in [-0.4, -0.2) is 29.4 Å². The molecule has 0 saturated carbocycles. The summed E-state index contributed by atoms with van der Waals surface area (Å²) in [6.07, 6.45) is 0.00289. The van der Waals surface area contributed by atoms with E-state index in [1.807, 2.05) is 19.1 Å². The largest absolute Gasteiger partial charge is 0.508 e. The minimum Gasteiger partial charge on any atom is -0.508 e. The number of hydrogen-bond donors (Lipinski definition) is 3. The van der Waals surface area contributed by atoms with Crippen LogP contribution in [0.3, 0.4) is 0 Å². The van der Waals surface area contributed by atoms with Crippen molar-refractivity contribution in [3.8, 4) is 5.75 Å². The number of carbonyl (C=O) groups is 1. The number of benzene rings is 1. The van der Waals surface area contributed by atoms with Gasteiger partial charge in [0.1, 0.15) is 11.4 Å². The van der Waals surface area contributed by atoms with E-state index in [1.54, 1.807) is 26.8 Å². The number of rotatable bonds is 4. The Kier molecular flexibility index (Phi) is 5.39. The summed E-state index contributed by atoms with van der Waals surface area (Å²) in [5.41, 5.74) is 7.18. The van der Waals surface area contributed by atoms with Gasteiger partial charge in [-0.1, -0.05) is 12.1 Å². The monoisotopic (exact) mass is 280 g/mol. The summed E-state index contributed by atoms with van der Waals surface area (Å²) in [5.74, 6) is 0.234. The third-order valence-electron chi connectivity index (χ3n) is 2.63. The number of amides is 1. The number of hydrogen-bond acceptors (Lipinski definition) is 4. The molecule has 112 valence electrons. The molecule has 5 nitrogen and oxygen atoms in total. The number of nitrogens with one attached hydrogen (secondary N) is 1. The first-order valence-electron chi connectivity index (χ1n) is 6.68. The molecule has 0 fully saturated rings. The van der Waals surface area contributed by atoms with Gasteiger partial charge in [-0.15, -0.1) is 0 Å². The van der Waals surface area contributed by atoms with E-state index in [0.29, 0.717) is 13.0 Å².